The second kappa shape index (κ2) is 5.90. The monoisotopic (exact) mass is 220 g/mol. The van der Waals surface area contributed by atoms with Crippen LogP contribution in [0.1, 0.15) is 31.7 Å². The maximum atomic E-state index is 5.81. The molecule has 1 aromatic carbocycles. The van der Waals surface area contributed by atoms with E-state index in [1.165, 1.54) is 18.4 Å². The molecular formula is C14H20O2. The van der Waals surface area contributed by atoms with Gasteiger partial charge in [-0.1, -0.05) is 25.1 Å². The zero-order valence-electron chi connectivity index (χ0n) is 9.95. The van der Waals surface area contributed by atoms with Gasteiger partial charge in [-0.15, -0.1) is 0 Å². The average Bonchev–Trinajstić information content (AvgIpc) is 2.83. The van der Waals surface area contributed by atoms with Gasteiger partial charge < -0.3 is 9.47 Å². The Morgan fingerprint density at radius 1 is 1.38 bits per heavy atom. The third-order valence-electron chi connectivity index (χ3n) is 3.07. The van der Waals surface area contributed by atoms with E-state index in [4.69, 9.17) is 9.47 Å². The number of ether oxygens (including phenoxy) is 2. The molecule has 0 aromatic heterocycles. The van der Waals surface area contributed by atoms with Crippen LogP contribution >= 0.6 is 0 Å². The molecule has 2 rings (SSSR count). The summed E-state index contributed by atoms with van der Waals surface area (Å²) >= 11 is 0. The summed E-state index contributed by atoms with van der Waals surface area (Å²) < 4.78 is 11.4. The molecule has 1 saturated heterocycles. The van der Waals surface area contributed by atoms with Crippen LogP contribution in [0.2, 0.25) is 0 Å². The molecule has 1 aromatic rings. The van der Waals surface area contributed by atoms with Gasteiger partial charge in [-0.2, -0.15) is 0 Å². The first-order valence-corrected chi connectivity index (χ1v) is 6.22. The summed E-state index contributed by atoms with van der Waals surface area (Å²) in [6.07, 6.45) is 4.86. The lowest BCUT2D eigenvalue weighted by Gasteiger charge is -2.12. The fraction of sp³-hybridized carbons (Fsp3) is 0.571. The molecule has 1 unspecified atom stereocenters. The lowest BCUT2D eigenvalue weighted by atomic mass is 10.1. The molecular weight excluding hydrogens is 200 g/mol. The molecule has 1 atom stereocenters. The first-order chi connectivity index (χ1) is 7.90. The van der Waals surface area contributed by atoms with Crippen LogP contribution in [0.25, 0.3) is 0 Å². The normalized spacial score (nSPS) is 19.9. The van der Waals surface area contributed by atoms with Crippen LogP contribution in [0.3, 0.4) is 0 Å². The Morgan fingerprint density at radius 2 is 2.25 bits per heavy atom. The molecule has 0 bridgehead atoms. The molecule has 2 heteroatoms. The molecule has 0 spiro atoms. The van der Waals surface area contributed by atoms with Gasteiger partial charge >= 0.3 is 0 Å². The molecule has 0 amide bonds. The molecule has 88 valence electrons. The van der Waals surface area contributed by atoms with Gasteiger partial charge in [0.05, 0.1) is 12.7 Å². The van der Waals surface area contributed by atoms with E-state index in [0.717, 1.165) is 31.8 Å². The first-order valence-electron chi connectivity index (χ1n) is 6.22. The fourth-order valence-corrected chi connectivity index (χ4v) is 2.11. The van der Waals surface area contributed by atoms with Crippen molar-refractivity contribution in [3.05, 3.63) is 29.8 Å². The highest BCUT2D eigenvalue weighted by Crippen LogP contribution is 2.20. The van der Waals surface area contributed by atoms with E-state index in [1.807, 2.05) is 12.1 Å². The maximum absolute atomic E-state index is 5.81. The van der Waals surface area contributed by atoms with E-state index < -0.39 is 0 Å². The summed E-state index contributed by atoms with van der Waals surface area (Å²) in [4.78, 5) is 0. The highest BCUT2D eigenvalue weighted by Gasteiger charge is 2.15. The second-order valence-corrected chi connectivity index (χ2v) is 4.23. The SMILES string of the molecule is CCc1ccccc1OCCC1CCCO1. The van der Waals surface area contributed by atoms with E-state index >= 15 is 0 Å². The number of para-hydroxylation sites is 1. The zero-order chi connectivity index (χ0) is 11.2. The van der Waals surface area contributed by atoms with Crippen LogP contribution in [-0.4, -0.2) is 19.3 Å². The summed E-state index contributed by atoms with van der Waals surface area (Å²) in [7, 11) is 0. The van der Waals surface area contributed by atoms with Crippen LogP contribution in [0.4, 0.5) is 0 Å². The van der Waals surface area contributed by atoms with E-state index in [2.05, 4.69) is 19.1 Å². The van der Waals surface area contributed by atoms with Gasteiger partial charge in [0.15, 0.2) is 0 Å². The quantitative estimate of drug-likeness (QED) is 0.758. The highest BCUT2D eigenvalue weighted by atomic mass is 16.5. The Balaban J connectivity index is 1.79. The van der Waals surface area contributed by atoms with Gasteiger partial charge in [0.25, 0.3) is 0 Å². The van der Waals surface area contributed by atoms with Gasteiger partial charge in [0.1, 0.15) is 5.75 Å². The fourth-order valence-electron chi connectivity index (χ4n) is 2.11. The maximum Gasteiger partial charge on any atom is 0.122 e. The van der Waals surface area contributed by atoms with Crippen LogP contribution in [0, 0.1) is 0 Å². The smallest absolute Gasteiger partial charge is 0.122 e. The Kier molecular flexibility index (Phi) is 4.23. The Labute approximate surface area is 97.6 Å². The van der Waals surface area contributed by atoms with Crippen LogP contribution in [0.5, 0.6) is 5.75 Å². The summed E-state index contributed by atoms with van der Waals surface area (Å²) in [6.45, 7) is 3.85. The molecule has 1 heterocycles. The number of aryl methyl sites for hydroxylation is 1. The summed E-state index contributed by atoms with van der Waals surface area (Å²) in [5.41, 5.74) is 1.29. The molecule has 1 aliphatic rings. The predicted octanol–water partition coefficient (Wildman–Crippen LogP) is 3.20. The highest BCUT2D eigenvalue weighted by molar-refractivity contribution is 5.33. The van der Waals surface area contributed by atoms with Gasteiger partial charge in [0, 0.05) is 13.0 Å². The minimum atomic E-state index is 0.425. The van der Waals surface area contributed by atoms with Crippen LogP contribution < -0.4 is 4.74 Å². The van der Waals surface area contributed by atoms with E-state index in [-0.39, 0.29) is 0 Å². The second-order valence-electron chi connectivity index (χ2n) is 4.23. The first kappa shape index (κ1) is 11.5. The molecule has 0 radical (unpaired) electrons. The zero-order valence-corrected chi connectivity index (χ0v) is 9.95. The number of benzene rings is 1. The minimum Gasteiger partial charge on any atom is -0.493 e. The Morgan fingerprint density at radius 3 is 3.00 bits per heavy atom. The molecule has 1 aliphatic heterocycles. The van der Waals surface area contributed by atoms with Crippen LogP contribution in [-0.2, 0) is 11.2 Å². The average molecular weight is 220 g/mol. The van der Waals surface area contributed by atoms with Gasteiger partial charge in [-0.3, -0.25) is 0 Å². The third-order valence-corrected chi connectivity index (χ3v) is 3.07. The molecule has 2 nitrogen and oxygen atoms in total. The molecule has 1 fully saturated rings. The van der Waals surface area contributed by atoms with E-state index in [1.54, 1.807) is 0 Å². The van der Waals surface area contributed by atoms with Crippen molar-refractivity contribution < 1.29 is 9.47 Å². The van der Waals surface area contributed by atoms with Crippen molar-refractivity contribution in [3.63, 3.8) is 0 Å². The number of hydrogen-bond donors (Lipinski definition) is 0. The number of hydrogen-bond acceptors (Lipinski definition) is 2. The largest absolute Gasteiger partial charge is 0.493 e. The van der Waals surface area contributed by atoms with Gasteiger partial charge in [-0.25, -0.2) is 0 Å². The molecule has 0 N–H and O–H groups in total. The minimum absolute atomic E-state index is 0.425. The lowest BCUT2D eigenvalue weighted by molar-refractivity contribution is 0.0902. The Bertz CT molecular complexity index is 316. The van der Waals surface area contributed by atoms with Crippen molar-refractivity contribution in [1.29, 1.82) is 0 Å². The molecule has 0 saturated carbocycles. The summed E-state index contributed by atoms with van der Waals surface area (Å²) in [5, 5.41) is 0. The summed E-state index contributed by atoms with van der Waals surface area (Å²) in [5.74, 6) is 1.03. The van der Waals surface area contributed by atoms with Crippen molar-refractivity contribution in [1.82, 2.24) is 0 Å². The molecule has 0 aliphatic carbocycles. The standard InChI is InChI=1S/C14H20O2/c1-2-12-6-3-4-8-14(12)16-11-9-13-7-5-10-15-13/h3-4,6,8,13H,2,5,7,9-11H2,1H3. The van der Waals surface area contributed by atoms with Crippen molar-refractivity contribution in [2.75, 3.05) is 13.2 Å². The summed E-state index contributed by atoms with van der Waals surface area (Å²) in [6, 6.07) is 8.27. The van der Waals surface area contributed by atoms with Crippen LogP contribution in [0.15, 0.2) is 24.3 Å². The van der Waals surface area contributed by atoms with E-state index in [9.17, 15) is 0 Å². The third kappa shape index (κ3) is 2.99. The van der Waals surface area contributed by atoms with E-state index in [0.29, 0.717) is 6.10 Å². The predicted molar refractivity (Wildman–Crippen MR) is 64.9 cm³/mol. The van der Waals surface area contributed by atoms with Crippen molar-refractivity contribution in [3.8, 4) is 5.75 Å². The van der Waals surface area contributed by atoms with Gasteiger partial charge in [-0.05, 0) is 30.9 Å². The van der Waals surface area contributed by atoms with Crippen molar-refractivity contribution in [2.24, 2.45) is 0 Å². The topological polar surface area (TPSA) is 18.5 Å². The number of rotatable bonds is 5. The van der Waals surface area contributed by atoms with Crippen molar-refractivity contribution in [2.45, 2.75) is 38.7 Å². The van der Waals surface area contributed by atoms with Gasteiger partial charge in [0.2, 0.25) is 0 Å². The lowest BCUT2D eigenvalue weighted by Crippen LogP contribution is -2.11. The molecule has 16 heavy (non-hydrogen) atoms. The van der Waals surface area contributed by atoms with Crippen molar-refractivity contribution >= 4 is 0 Å². The Hall–Kier alpha value is -1.02.